The number of hydrogen-bond donors (Lipinski definition) is 1. The second-order valence-corrected chi connectivity index (χ2v) is 5.96. The summed E-state index contributed by atoms with van der Waals surface area (Å²) in [5, 5.41) is 3.40. The van der Waals surface area contributed by atoms with Crippen LogP contribution in [-0.2, 0) is 6.42 Å². The van der Waals surface area contributed by atoms with E-state index >= 15 is 0 Å². The van der Waals surface area contributed by atoms with Gasteiger partial charge in [-0.3, -0.25) is 0 Å². The predicted octanol–water partition coefficient (Wildman–Crippen LogP) is 5.01. The first-order valence-corrected chi connectivity index (χ1v) is 7.81. The number of benzene rings is 2. The molecule has 112 valence electrons. The minimum Gasteiger partial charge on any atom is -0.310 e. The molecule has 1 nitrogen and oxygen atoms in total. The fourth-order valence-electron chi connectivity index (χ4n) is 2.31. The van der Waals surface area contributed by atoms with Crippen LogP contribution in [0.3, 0.4) is 0 Å². The Bertz CT molecular complexity index is 581. The molecule has 0 aromatic heterocycles. The van der Waals surface area contributed by atoms with Crippen LogP contribution in [0, 0.1) is 11.6 Å². The number of halogens is 3. The molecule has 0 fully saturated rings. The van der Waals surface area contributed by atoms with Crippen LogP contribution in [0.1, 0.15) is 30.5 Å². The first kappa shape index (κ1) is 16.1. The van der Waals surface area contributed by atoms with Crippen molar-refractivity contribution >= 4 is 15.9 Å². The molecule has 1 unspecified atom stereocenters. The molecule has 0 saturated carbocycles. The van der Waals surface area contributed by atoms with E-state index in [1.165, 1.54) is 24.3 Å². The smallest absolute Gasteiger partial charge is 0.124 e. The first-order chi connectivity index (χ1) is 10.1. The van der Waals surface area contributed by atoms with Gasteiger partial charge in [-0.05, 0) is 60.8 Å². The highest BCUT2D eigenvalue weighted by molar-refractivity contribution is 9.10. The van der Waals surface area contributed by atoms with E-state index in [0.29, 0.717) is 10.9 Å². The van der Waals surface area contributed by atoms with Crippen LogP contribution in [0.15, 0.2) is 46.9 Å². The molecule has 2 rings (SSSR count). The molecule has 0 saturated heterocycles. The summed E-state index contributed by atoms with van der Waals surface area (Å²) in [6, 6.07) is 11.4. The van der Waals surface area contributed by atoms with Crippen molar-refractivity contribution in [3.63, 3.8) is 0 Å². The number of rotatable bonds is 6. The monoisotopic (exact) mass is 353 g/mol. The number of hydrogen-bond acceptors (Lipinski definition) is 1. The second-order valence-electron chi connectivity index (χ2n) is 5.04. The van der Waals surface area contributed by atoms with Crippen LogP contribution < -0.4 is 5.32 Å². The van der Waals surface area contributed by atoms with Crippen molar-refractivity contribution in [1.29, 1.82) is 0 Å². The Balaban J connectivity index is 2.23. The predicted molar refractivity (Wildman–Crippen MR) is 85.2 cm³/mol. The molecule has 2 aromatic rings. The van der Waals surface area contributed by atoms with Gasteiger partial charge in [0.2, 0.25) is 0 Å². The normalized spacial score (nSPS) is 12.4. The molecular weight excluding hydrogens is 336 g/mol. The molecule has 1 atom stereocenters. The van der Waals surface area contributed by atoms with E-state index in [2.05, 4.69) is 28.2 Å². The van der Waals surface area contributed by atoms with Crippen molar-refractivity contribution in [2.45, 2.75) is 25.8 Å². The Hall–Kier alpha value is -1.26. The standard InChI is InChI=1S/C17H18BrF2N/c1-2-6-21-17(13-4-3-5-15(19)10-13)9-12-7-14(18)11-16(20)8-12/h3-5,7-8,10-11,17,21H,2,6,9H2,1H3. The Morgan fingerprint density at radius 1 is 1.10 bits per heavy atom. The number of nitrogens with one attached hydrogen (secondary N) is 1. The van der Waals surface area contributed by atoms with Crippen LogP contribution in [0.25, 0.3) is 0 Å². The molecule has 4 heteroatoms. The quantitative estimate of drug-likeness (QED) is 0.769. The van der Waals surface area contributed by atoms with E-state index in [4.69, 9.17) is 0 Å². The van der Waals surface area contributed by atoms with E-state index in [-0.39, 0.29) is 17.7 Å². The molecule has 0 aliphatic rings. The topological polar surface area (TPSA) is 12.0 Å². The summed E-state index contributed by atoms with van der Waals surface area (Å²) >= 11 is 3.30. The molecule has 2 aromatic carbocycles. The molecule has 0 bridgehead atoms. The van der Waals surface area contributed by atoms with Gasteiger partial charge in [-0.15, -0.1) is 0 Å². The Kier molecular flexibility index (Phi) is 5.88. The largest absolute Gasteiger partial charge is 0.310 e. The fraction of sp³-hybridized carbons (Fsp3) is 0.294. The molecular formula is C17H18BrF2N. The zero-order chi connectivity index (χ0) is 15.2. The zero-order valence-electron chi connectivity index (χ0n) is 11.9. The van der Waals surface area contributed by atoms with Crippen LogP contribution in [-0.4, -0.2) is 6.54 Å². The summed E-state index contributed by atoms with van der Waals surface area (Å²) < 4.78 is 27.6. The van der Waals surface area contributed by atoms with E-state index in [0.717, 1.165) is 24.1 Å². The van der Waals surface area contributed by atoms with E-state index < -0.39 is 0 Å². The van der Waals surface area contributed by atoms with E-state index in [1.807, 2.05) is 12.1 Å². The summed E-state index contributed by atoms with van der Waals surface area (Å²) in [6.07, 6.45) is 1.60. The van der Waals surface area contributed by atoms with Gasteiger partial charge in [-0.2, -0.15) is 0 Å². The van der Waals surface area contributed by atoms with Gasteiger partial charge in [-0.25, -0.2) is 8.78 Å². The van der Waals surface area contributed by atoms with Crippen LogP contribution in [0.4, 0.5) is 8.78 Å². The van der Waals surface area contributed by atoms with Crippen LogP contribution in [0.2, 0.25) is 0 Å². The molecule has 0 spiro atoms. The molecule has 1 N–H and O–H groups in total. The molecule has 0 amide bonds. The average molecular weight is 354 g/mol. The third-order valence-corrected chi connectivity index (χ3v) is 3.71. The summed E-state index contributed by atoms with van der Waals surface area (Å²) in [5.74, 6) is -0.524. The Morgan fingerprint density at radius 2 is 1.90 bits per heavy atom. The lowest BCUT2D eigenvalue weighted by atomic mass is 9.98. The maximum atomic E-state index is 13.5. The molecule has 0 radical (unpaired) electrons. The second kappa shape index (κ2) is 7.66. The average Bonchev–Trinajstić information content (AvgIpc) is 2.42. The maximum Gasteiger partial charge on any atom is 0.124 e. The minimum absolute atomic E-state index is 0.0330. The van der Waals surface area contributed by atoms with Gasteiger partial charge >= 0.3 is 0 Å². The van der Waals surface area contributed by atoms with Gasteiger partial charge in [-0.1, -0.05) is 35.0 Å². The zero-order valence-corrected chi connectivity index (χ0v) is 13.5. The SMILES string of the molecule is CCCNC(Cc1cc(F)cc(Br)c1)c1cccc(F)c1. The van der Waals surface area contributed by atoms with Crippen molar-refractivity contribution in [3.8, 4) is 0 Å². The molecule has 0 aliphatic carbocycles. The highest BCUT2D eigenvalue weighted by Crippen LogP contribution is 2.22. The third kappa shape index (κ3) is 4.90. The molecule has 0 aliphatic heterocycles. The van der Waals surface area contributed by atoms with Gasteiger partial charge in [0, 0.05) is 10.5 Å². The summed E-state index contributed by atoms with van der Waals surface area (Å²) in [4.78, 5) is 0. The fourth-order valence-corrected chi connectivity index (χ4v) is 2.83. The van der Waals surface area contributed by atoms with Crippen molar-refractivity contribution in [3.05, 3.63) is 69.7 Å². The van der Waals surface area contributed by atoms with Crippen LogP contribution >= 0.6 is 15.9 Å². The lowest BCUT2D eigenvalue weighted by Crippen LogP contribution is -2.24. The highest BCUT2D eigenvalue weighted by atomic mass is 79.9. The summed E-state index contributed by atoms with van der Waals surface area (Å²) in [7, 11) is 0. The van der Waals surface area contributed by atoms with E-state index in [9.17, 15) is 8.78 Å². The van der Waals surface area contributed by atoms with Crippen molar-refractivity contribution < 1.29 is 8.78 Å². The lowest BCUT2D eigenvalue weighted by molar-refractivity contribution is 0.522. The van der Waals surface area contributed by atoms with Gasteiger partial charge in [0.25, 0.3) is 0 Å². The lowest BCUT2D eigenvalue weighted by Gasteiger charge is -2.19. The van der Waals surface area contributed by atoms with Crippen molar-refractivity contribution in [2.75, 3.05) is 6.54 Å². The molecule has 0 heterocycles. The van der Waals surface area contributed by atoms with E-state index in [1.54, 1.807) is 6.07 Å². The maximum absolute atomic E-state index is 13.5. The Labute approximate surface area is 132 Å². The first-order valence-electron chi connectivity index (χ1n) is 7.02. The van der Waals surface area contributed by atoms with Crippen molar-refractivity contribution in [2.24, 2.45) is 0 Å². The van der Waals surface area contributed by atoms with Crippen molar-refractivity contribution in [1.82, 2.24) is 5.32 Å². The van der Waals surface area contributed by atoms with Gasteiger partial charge in [0.05, 0.1) is 0 Å². The Morgan fingerprint density at radius 3 is 2.57 bits per heavy atom. The van der Waals surface area contributed by atoms with Gasteiger partial charge in [0.1, 0.15) is 11.6 Å². The minimum atomic E-state index is -0.271. The highest BCUT2D eigenvalue weighted by Gasteiger charge is 2.13. The third-order valence-electron chi connectivity index (χ3n) is 3.25. The molecule has 21 heavy (non-hydrogen) atoms. The van der Waals surface area contributed by atoms with Gasteiger partial charge in [0.15, 0.2) is 0 Å². The van der Waals surface area contributed by atoms with Gasteiger partial charge < -0.3 is 5.32 Å². The summed E-state index contributed by atoms with van der Waals surface area (Å²) in [6.45, 7) is 2.91. The summed E-state index contributed by atoms with van der Waals surface area (Å²) in [5.41, 5.74) is 1.75. The van der Waals surface area contributed by atoms with Crippen LogP contribution in [0.5, 0.6) is 0 Å².